The van der Waals surface area contributed by atoms with E-state index in [1.807, 2.05) is 65.8 Å². The summed E-state index contributed by atoms with van der Waals surface area (Å²) in [5, 5.41) is 11.7. The molecule has 5 heteroatoms. The summed E-state index contributed by atoms with van der Waals surface area (Å²) in [5.74, 6) is 0.663. The maximum atomic E-state index is 13.3. The van der Waals surface area contributed by atoms with Crippen molar-refractivity contribution in [2.75, 3.05) is 0 Å². The number of hydrogen-bond donors (Lipinski definition) is 1. The third-order valence-corrected chi connectivity index (χ3v) is 8.45. The van der Waals surface area contributed by atoms with Crippen LogP contribution >= 0.6 is 0 Å². The van der Waals surface area contributed by atoms with Crippen molar-refractivity contribution in [1.29, 1.82) is 0 Å². The Morgan fingerprint density at radius 2 is 1.51 bits per heavy atom. The molecule has 0 saturated heterocycles. The minimum absolute atomic E-state index is 0. The third kappa shape index (κ3) is 7.06. The Morgan fingerprint density at radius 1 is 0.860 bits per heavy atom. The van der Waals surface area contributed by atoms with Gasteiger partial charge in [-0.25, -0.2) is 0 Å². The monoisotopic (exact) mass is 753 g/mol. The van der Waals surface area contributed by atoms with Gasteiger partial charge >= 0.3 is 0 Å². The summed E-state index contributed by atoms with van der Waals surface area (Å²) < 4.78 is 0. The molecule has 1 aliphatic rings. The van der Waals surface area contributed by atoms with Crippen molar-refractivity contribution in [3.63, 3.8) is 0 Å². The molecule has 0 atom stereocenters. The molecule has 0 amide bonds. The fraction of sp³-hybridized carbons (Fsp3) is 0.342. The first-order valence-corrected chi connectivity index (χ1v) is 15.2. The number of aliphatic hydroxyl groups excluding tert-OH is 1. The molecule has 0 unspecified atom stereocenters. The van der Waals surface area contributed by atoms with Crippen LogP contribution < -0.4 is 0 Å². The molecule has 227 valence electrons. The van der Waals surface area contributed by atoms with E-state index >= 15 is 0 Å². The number of pyridine rings is 1. The van der Waals surface area contributed by atoms with Crippen molar-refractivity contribution in [2.24, 2.45) is 11.8 Å². The molecule has 0 spiro atoms. The van der Waals surface area contributed by atoms with Crippen molar-refractivity contribution < 1.29 is 34.8 Å². The van der Waals surface area contributed by atoms with Crippen LogP contribution in [0.5, 0.6) is 0 Å². The van der Waals surface area contributed by atoms with Gasteiger partial charge in [0.2, 0.25) is 0 Å². The van der Waals surface area contributed by atoms with Gasteiger partial charge in [0.25, 0.3) is 0 Å². The molecule has 0 bridgehead atoms. The molecular weight excluding hydrogens is 711 g/mol. The summed E-state index contributed by atoms with van der Waals surface area (Å²) in [5.41, 5.74) is 8.82. The van der Waals surface area contributed by atoms with Gasteiger partial charge in [0.1, 0.15) is 0 Å². The fourth-order valence-electron chi connectivity index (χ4n) is 6.06. The standard InChI is InChI=1S/C25H18NO.C13H24O2.Ir/c1-14-11-15(2)13-17(12-14)24-21-8-7-19-18-6-4-5-16(3)22(18)25(27)23(19)20(21)9-10-26-24;1-5-10(6-2)12(14)9-13(15)11(7-3)8-4;/h4-12H,1-3H3;9-11,14H,5-8H2,1-4H3;/q-1;;/b;12-9-;. The number of ketones is 2. The average molecular weight is 753 g/mol. The minimum Gasteiger partial charge on any atom is -0.512 e. The van der Waals surface area contributed by atoms with E-state index in [1.165, 1.54) is 11.6 Å². The normalized spacial score (nSPS) is 12.1. The van der Waals surface area contributed by atoms with E-state index in [2.05, 4.69) is 42.2 Å². The first kappa shape index (κ1) is 34.1. The molecule has 1 aromatic heterocycles. The Labute approximate surface area is 270 Å². The number of aliphatic hydroxyl groups is 1. The fourth-order valence-corrected chi connectivity index (χ4v) is 6.06. The molecule has 1 heterocycles. The van der Waals surface area contributed by atoms with Crippen molar-refractivity contribution in [1.82, 2.24) is 4.98 Å². The number of benzene rings is 3. The smallest absolute Gasteiger partial charge is 0.195 e. The van der Waals surface area contributed by atoms with Gasteiger partial charge in [-0.1, -0.05) is 71.9 Å². The second kappa shape index (κ2) is 14.9. The van der Waals surface area contributed by atoms with Crippen molar-refractivity contribution >= 4 is 22.3 Å². The van der Waals surface area contributed by atoms with Gasteiger partial charge in [-0.15, -0.1) is 34.9 Å². The molecule has 4 nitrogen and oxygen atoms in total. The Hall–Kier alpha value is -3.40. The Balaban J connectivity index is 0.000000274. The molecule has 1 radical (unpaired) electrons. The van der Waals surface area contributed by atoms with E-state index in [4.69, 9.17) is 0 Å². The topological polar surface area (TPSA) is 67.3 Å². The van der Waals surface area contributed by atoms with Crippen LogP contribution in [0, 0.1) is 38.7 Å². The van der Waals surface area contributed by atoms with Crippen LogP contribution in [0.2, 0.25) is 0 Å². The van der Waals surface area contributed by atoms with Gasteiger partial charge in [-0.05, 0) is 71.8 Å². The summed E-state index contributed by atoms with van der Waals surface area (Å²) in [6, 6.07) is 19.8. The molecule has 43 heavy (non-hydrogen) atoms. The predicted molar refractivity (Wildman–Crippen MR) is 173 cm³/mol. The second-order valence-electron chi connectivity index (χ2n) is 11.3. The summed E-state index contributed by atoms with van der Waals surface area (Å²) in [7, 11) is 0. The molecule has 1 aliphatic carbocycles. The largest absolute Gasteiger partial charge is 0.512 e. The van der Waals surface area contributed by atoms with Crippen molar-refractivity contribution in [3.8, 4) is 22.4 Å². The van der Waals surface area contributed by atoms with Crippen molar-refractivity contribution in [3.05, 3.63) is 100 Å². The number of aryl methyl sites for hydroxylation is 3. The van der Waals surface area contributed by atoms with Crippen LogP contribution in [0.25, 0.3) is 33.2 Å². The maximum absolute atomic E-state index is 13.3. The minimum atomic E-state index is 0. The molecule has 0 saturated carbocycles. The summed E-state index contributed by atoms with van der Waals surface area (Å²) >= 11 is 0. The van der Waals surface area contributed by atoms with Crippen LogP contribution in [-0.2, 0) is 24.9 Å². The zero-order valence-corrected chi connectivity index (χ0v) is 28.7. The molecule has 3 aromatic carbocycles. The summed E-state index contributed by atoms with van der Waals surface area (Å²) in [4.78, 5) is 29.6. The summed E-state index contributed by atoms with van der Waals surface area (Å²) in [6.07, 6.45) is 6.70. The van der Waals surface area contributed by atoms with Crippen molar-refractivity contribution in [2.45, 2.75) is 74.1 Å². The van der Waals surface area contributed by atoms with Gasteiger partial charge in [0, 0.05) is 55.3 Å². The van der Waals surface area contributed by atoms with Crippen LogP contribution in [0.1, 0.15) is 86.0 Å². The Morgan fingerprint density at radius 3 is 2.14 bits per heavy atom. The molecule has 5 rings (SSSR count). The maximum Gasteiger partial charge on any atom is 0.195 e. The van der Waals surface area contributed by atoms with Gasteiger partial charge in [-0.2, -0.15) is 0 Å². The number of rotatable bonds is 8. The van der Waals surface area contributed by atoms with E-state index in [-0.39, 0.29) is 49.3 Å². The SMILES string of the molecule is CCC(CC)C(=O)/C=C(\O)C(CC)CC.Cc1[c-]c(-c2nccc3c4c(ccc23)-c2cccc(C)c2C4=O)cc(C)c1.[Ir]. The number of hydrogen-bond acceptors (Lipinski definition) is 4. The molecule has 1 N–H and O–H groups in total. The number of aromatic nitrogens is 1. The van der Waals surface area contributed by atoms with Gasteiger partial charge in [-0.3, -0.25) is 9.59 Å². The van der Waals surface area contributed by atoms with Crippen LogP contribution in [0.3, 0.4) is 0 Å². The van der Waals surface area contributed by atoms with E-state index in [9.17, 15) is 14.7 Å². The number of allylic oxidation sites excluding steroid dienone is 2. The van der Waals surface area contributed by atoms with E-state index < -0.39 is 0 Å². The zero-order chi connectivity index (χ0) is 30.6. The summed E-state index contributed by atoms with van der Waals surface area (Å²) in [6.45, 7) is 14.2. The van der Waals surface area contributed by atoms with E-state index in [0.717, 1.165) is 81.1 Å². The van der Waals surface area contributed by atoms with E-state index in [0.29, 0.717) is 0 Å². The molecule has 0 aliphatic heterocycles. The van der Waals surface area contributed by atoms with Gasteiger partial charge in [0.15, 0.2) is 11.6 Å². The third-order valence-electron chi connectivity index (χ3n) is 8.45. The molecule has 4 aromatic rings. The van der Waals surface area contributed by atoms with Gasteiger partial charge in [0.05, 0.1) is 5.76 Å². The molecular formula is C38H42IrNO3-. The van der Waals surface area contributed by atoms with Crippen LogP contribution in [0.15, 0.2) is 66.6 Å². The van der Waals surface area contributed by atoms with Crippen LogP contribution in [-0.4, -0.2) is 21.7 Å². The van der Waals surface area contributed by atoms with Gasteiger partial charge < -0.3 is 10.1 Å². The second-order valence-corrected chi connectivity index (χ2v) is 11.3. The number of nitrogens with zero attached hydrogens (tertiary/aromatic N) is 1. The number of fused-ring (bicyclic) bond motifs is 5. The Bertz CT molecular complexity index is 1640. The number of carbonyl (C=O) groups is 2. The first-order valence-electron chi connectivity index (χ1n) is 15.2. The first-order chi connectivity index (χ1) is 20.1. The van der Waals surface area contributed by atoms with Crippen LogP contribution in [0.4, 0.5) is 0 Å². The zero-order valence-electron chi connectivity index (χ0n) is 26.3. The molecule has 0 fully saturated rings. The predicted octanol–water partition coefficient (Wildman–Crippen LogP) is 9.71. The average Bonchev–Trinajstić information content (AvgIpc) is 3.27. The number of carbonyl (C=O) groups excluding carboxylic acids is 2. The Kier molecular flexibility index (Phi) is 11.8. The quantitative estimate of drug-likeness (QED) is 0.0975. The van der Waals surface area contributed by atoms with E-state index in [1.54, 1.807) is 6.20 Å².